The van der Waals surface area contributed by atoms with Crippen molar-refractivity contribution in [3.05, 3.63) is 83.4 Å². The molecule has 4 rings (SSSR count). The van der Waals surface area contributed by atoms with Gasteiger partial charge >= 0.3 is 6.18 Å². The van der Waals surface area contributed by atoms with Crippen molar-refractivity contribution in [3.63, 3.8) is 0 Å². The first-order chi connectivity index (χ1) is 14.3. The molecule has 1 heterocycles. The Bertz CT molecular complexity index is 1160. The summed E-state index contributed by atoms with van der Waals surface area (Å²) in [6, 6.07) is 15.8. The lowest BCUT2D eigenvalue weighted by Crippen LogP contribution is -2.25. The van der Waals surface area contributed by atoms with Crippen molar-refractivity contribution in [2.24, 2.45) is 0 Å². The topological polar surface area (TPSA) is 58.6 Å². The zero-order valence-corrected chi connectivity index (χ0v) is 15.7. The van der Waals surface area contributed by atoms with Crippen molar-refractivity contribution in [2.45, 2.75) is 6.18 Å². The van der Waals surface area contributed by atoms with E-state index >= 15 is 0 Å². The van der Waals surface area contributed by atoms with Gasteiger partial charge in [-0.3, -0.25) is 9.59 Å². The molecule has 152 valence electrons. The first-order valence-corrected chi connectivity index (χ1v) is 8.92. The van der Waals surface area contributed by atoms with E-state index in [0.717, 1.165) is 12.1 Å². The van der Waals surface area contributed by atoms with Crippen LogP contribution < -0.4 is 15.0 Å². The van der Waals surface area contributed by atoms with Gasteiger partial charge in [-0.05, 0) is 42.5 Å². The second-order valence-electron chi connectivity index (χ2n) is 6.64. The average Bonchev–Trinajstić information content (AvgIpc) is 2.83. The number of carbonyl (C=O) groups excluding carboxylic acids is 2. The van der Waals surface area contributed by atoms with Crippen molar-refractivity contribution in [2.75, 3.05) is 17.3 Å². The number of hydrogen-bond donors (Lipinski definition) is 1. The number of nitrogens with one attached hydrogen (secondary N) is 1. The van der Waals surface area contributed by atoms with Gasteiger partial charge in [0.15, 0.2) is 5.75 Å². The van der Waals surface area contributed by atoms with Crippen LogP contribution in [-0.2, 0) is 6.18 Å². The third-order valence-corrected chi connectivity index (χ3v) is 4.70. The van der Waals surface area contributed by atoms with E-state index in [2.05, 4.69) is 5.32 Å². The fraction of sp³-hybridized carbons (Fsp3) is 0.0909. The van der Waals surface area contributed by atoms with Gasteiger partial charge in [-0.2, -0.15) is 13.2 Å². The quantitative estimate of drug-likeness (QED) is 0.618. The van der Waals surface area contributed by atoms with E-state index in [9.17, 15) is 22.8 Å². The van der Waals surface area contributed by atoms with Crippen LogP contribution in [0.15, 0.2) is 66.7 Å². The first kappa shape index (κ1) is 19.5. The number of benzene rings is 3. The number of rotatable bonds is 2. The maximum atomic E-state index is 13.2. The summed E-state index contributed by atoms with van der Waals surface area (Å²) in [5.41, 5.74) is -0.620. The third-order valence-electron chi connectivity index (χ3n) is 4.70. The Morgan fingerprint density at radius 2 is 1.67 bits per heavy atom. The first-order valence-electron chi connectivity index (χ1n) is 8.92. The number of amides is 2. The molecule has 0 aliphatic carbocycles. The van der Waals surface area contributed by atoms with Gasteiger partial charge in [-0.25, -0.2) is 0 Å². The third kappa shape index (κ3) is 3.47. The van der Waals surface area contributed by atoms with E-state index in [4.69, 9.17) is 4.74 Å². The van der Waals surface area contributed by atoms with Crippen LogP contribution in [0.2, 0.25) is 0 Å². The number of fused-ring (bicyclic) bond motifs is 2. The summed E-state index contributed by atoms with van der Waals surface area (Å²) in [7, 11) is 1.59. The van der Waals surface area contributed by atoms with Crippen LogP contribution in [0.4, 0.5) is 24.5 Å². The van der Waals surface area contributed by atoms with E-state index < -0.39 is 23.2 Å². The number of halogens is 3. The summed E-state index contributed by atoms with van der Waals surface area (Å²) >= 11 is 0. The standard InChI is InChI=1S/C22H15F3N2O3/c1-27-17-8-4-5-9-19(17)30-18-11-10-13(12-15(18)21(27)29)26-20(28)14-6-2-3-7-16(14)22(23,24)25/h2-12H,1H3,(H,26,28). The summed E-state index contributed by atoms with van der Waals surface area (Å²) in [5, 5.41) is 2.43. The SMILES string of the molecule is CN1C(=O)c2cc(NC(=O)c3ccccc3C(F)(F)F)ccc2Oc2ccccc21. The second kappa shape index (κ2) is 7.22. The highest BCUT2D eigenvalue weighted by Crippen LogP contribution is 2.39. The molecule has 0 saturated carbocycles. The highest BCUT2D eigenvalue weighted by Gasteiger charge is 2.35. The molecule has 1 aliphatic heterocycles. The van der Waals surface area contributed by atoms with E-state index in [0.29, 0.717) is 11.4 Å². The fourth-order valence-electron chi connectivity index (χ4n) is 3.22. The maximum Gasteiger partial charge on any atom is 0.417 e. The normalized spacial score (nSPS) is 13.1. The summed E-state index contributed by atoms with van der Waals surface area (Å²) in [6.45, 7) is 0. The molecule has 2 amide bonds. The summed E-state index contributed by atoms with van der Waals surface area (Å²) in [4.78, 5) is 26.8. The van der Waals surface area contributed by atoms with Crippen LogP contribution in [0.25, 0.3) is 0 Å². The number of para-hydroxylation sites is 2. The second-order valence-corrected chi connectivity index (χ2v) is 6.64. The van der Waals surface area contributed by atoms with Gasteiger partial charge < -0.3 is 15.0 Å². The Kier molecular flexibility index (Phi) is 4.69. The molecule has 0 atom stereocenters. The number of hydrogen-bond acceptors (Lipinski definition) is 3. The van der Waals surface area contributed by atoms with Crippen LogP contribution in [-0.4, -0.2) is 18.9 Å². The number of ether oxygens (including phenoxy) is 1. The lowest BCUT2D eigenvalue weighted by atomic mass is 10.1. The van der Waals surface area contributed by atoms with E-state index in [1.807, 2.05) is 0 Å². The van der Waals surface area contributed by atoms with Crippen LogP contribution in [0, 0.1) is 0 Å². The van der Waals surface area contributed by atoms with E-state index in [1.165, 1.54) is 35.2 Å². The van der Waals surface area contributed by atoms with Crippen LogP contribution in [0.1, 0.15) is 26.3 Å². The number of carbonyl (C=O) groups is 2. The number of nitrogens with zero attached hydrogens (tertiary/aromatic N) is 1. The molecule has 1 N–H and O–H groups in total. The highest BCUT2D eigenvalue weighted by molar-refractivity contribution is 6.11. The van der Waals surface area contributed by atoms with Crippen LogP contribution >= 0.6 is 0 Å². The summed E-state index contributed by atoms with van der Waals surface area (Å²) in [5.74, 6) is -0.531. The number of anilines is 2. The van der Waals surface area contributed by atoms with Crippen LogP contribution in [0.3, 0.4) is 0 Å². The lowest BCUT2D eigenvalue weighted by Gasteiger charge is -2.16. The minimum Gasteiger partial charge on any atom is -0.454 e. The molecular weight excluding hydrogens is 397 g/mol. The molecule has 3 aromatic rings. The molecule has 5 nitrogen and oxygen atoms in total. The Balaban J connectivity index is 1.67. The minimum absolute atomic E-state index is 0.173. The van der Waals surface area contributed by atoms with Gasteiger partial charge in [0.2, 0.25) is 0 Å². The molecule has 8 heteroatoms. The zero-order valence-electron chi connectivity index (χ0n) is 15.7. The van der Waals surface area contributed by atoms with Crippen molar-refractivity contribution >= 4 is 23.2 Å². The van der Waals surface area contributed by atoms with Gasteiger partial charge in [0.1, 0.15) is 5.75 Å². The molecule has 0 fully saturated rings. The predicted molar refractivity (Wildman–Crippen MR) is 105 cm³/mol. The van der Waals surface area contributed by atoms with E-state index in [-0.39, 0.29) is 22.9 Å². The van der Waals surface area contributed by atoms with Crippen molar-refractivity contribution < 1.29 is 27.5 Å². The van der Waals surface area contributed by atoms with Gasteiger partial charge in [-0.1, -0.05) is 24.3 Å². The van der Waals surface area contributed by atoms with Crippen molar-refractivity contribution in [3.8, 4) is 11.5 Å². The molecule has 0 saturated heterocycles. The molecule has 0 aromatic heterocycles. The number of alkyl halides is 3. The Morgan fingerprint density at radius 3 is 2.43 bits per heavy atom. The molecule has 3 aromatic carbocycles. The van der Waals surface area contributed by atoms with E-state index in [1.54, 1.807) is 31.3 Å². The molecule has 0 bridgehead atoms. The largest absolute Gasteiger partial charge is 0.454 e. The zero-order chi connectivity index (χ0) is 21.5. The van der Waals surface area contributed by atoms with Crippen LogP contribution in [0.5, 0.6) is 11.5 Å². The smallest absolute Gasteiger partial charge is 0.417 e. The molecule has 0 spiro atoms. The molecule has 0 radical (unpaired) electrons. The lowest BCUT2D eigenvalue weighted by molar-refractivity contribution is -0.137. The molecular formula is C22H15F3N2O3. The monoisotopic (exact) mass is 412 g/mol. The summed E-state index contributed by atoms with van der Waals surface area (Å²) in [6.07, 6.45) is -4.67. The Hall–Kier alpha value is -3.81. The minimum atomic E-state index is -4.67. The molecule has 30 heavy (non-hydrogen) atoms. The molecule has 0 unspecified atom stereocenters. The maximum absolute atomic E-state index is 13.2. The van der Waals surface area contributed by atoms with Gasteiger partial charge in [0, 0.05) is 12.7 Å². The molecule has 1 aliphatic rings. The van der Waals surface area contributed by atoms with Gasteiger partial charge in [-0.15, -0.1) is 0 Å². The Morgan fingerprint density at radius 1 is 0.967 bits per heavy atom. The van der Waals surface area contributed by atoms with Gasteiger partial charge in [0.25, 0.3) is 11.8 Å². The fourth-order valence-corrected chi connectivity index (χ4v) is 3.22. The van der Waals surface area contributed by atoms with Crippen molar-refractivity contribution in [1.82, 2.24) is 0 Å². The Labute approximate surface area is 169 Å². The van der Waals surface area contributed by atoms with Crippen molar-refractivity contribution in [1.29, 1.82) is 0 Å². The highest BCUT2D eigenvalue weighted by atomic mass is 19.4. The average molecular weight is 412 g/mol. The summed E-state index contributed by atoms with van der Waals surface area (Å²) < 4.78 is 45.4. The predicted octanol–water partition coefficient (Wildman–Crippen LogP) is 5.34. The van der Waals surface area contributed by atoms with Gasteiger partial charge in [0.05, 0.1) is 22.4 Å².